The van der Waals surface area contributed by atoms with Crippen LogP contribution in [0.15, 0.2) is 59.3 Å². The largest absolute Gasteiger partial charge is 0.465 e. The maximum absolute atomic E-state index is 12.5. The van der Waals surface area contributed by atoms with E-state index in [9.17, 15) is 4.79 Å². The average molecular weight is 376 g/mol. The van der Waals surface area contributed by atoms with Crippen LogP contribution in [0.2, 0.25) is 0 Å². The number of carbonyl (C=O) groups excluding carboxylic acids is 1. The maximum atomic E-state index is 12.5. The van der Waals surface area contributed by atoms with Gasteiger partial charge in [0.25, 0.3) is 0 Å². The van der Waals surface area contributed by atoms with E-state index in [4.69, 9.17) is 4.42 Å². The molecule has 0 bridgehead atoms. The first-order valence-corrected chi connectivity index (χ1v) is 9.64. The van der Waals surface area contributed by atoms with Gasteiger partial charge in [0.2, 0.25) is 5.91 Å². The molecule has 6 nitrogen and oxygen atoms in total. The highest BCUT2D eigenvalue weighted by Gasteiger charge is 2.25. The molecule has 1 aromatic carbocycles. The van der Waals surface area contributed by atoms with Gasteiger partial charge in [0.15, 0.2) is 0 Å². The molecule has 1 aliphatic rings. The van der Waals surface area contributed by atoms with Crippen molar-refractivity contribution in [2.45, 2.75) is 26.3 Å². The molecule has 0 spiro atoms. The summed E-state index contributed by atoms with van der Waals surface area (Å²) >= 11 is 0. The summed E-state index contributed by atoms with van der Waals surface area (Å²) in [5.74, 6) is 2.69. The van der Waals surface area contributed by atoms with Crippen molar-refractivity contribution in [3.05, 3.63) is 66.4 Å². The van der Waals surface area contributed by atoms with E-state index in [2.05, 4.69) is 20.2 Å². The SMILES string of the molecule is Cc1ccc(CNC(=O)C2CCN(c3cc(-c4ccccc4)ncn3)CC2)o1. The molecule has 2 aromatic heterocycles. The standard InChI is InChI=1S/C22H24N4O2/c1-16-7-8-19(28-16)14-23-22(27)18-9-11-26(12-10-18)21-13-20(24-15-25-21)17-5-3-2-4-6-17/h2-8,13,15,18H,9-12,14H2,1H3,(H,23,27). The zero-order valence-electron chi connectivity index (χ0n) is 16.0. The van der Waals surface area contributed by atoms with Crippen LogP contribution in [0.1, 0.15) is 24.4 Å². The molecule has 28 heavy (non-hydrogen) atoms. The van der Waals surface area contributed by atoms with Gasteiger partial charge in [0.1, 0.15) is 23.7 Å². The van der Waals surface area contributed by atoms with Crippen molar-refractivity contribution in [3.63, 3.8) is 0 Å². The number of nitrogens with zero attached hydrogens (tertiary/aromatic N) is 3. The Hall–Kier alpha value is -3.15. The topological polar surface area (TPSA) is 71.3 Å². The Morgan fingerprint density at radius 2 is 1.93 bits per heavy atom. The molecule has 4 rings (SSSR count). The molecule has 3 heterocycles. The number of hydrogen-bond donors (Lipinski definition) is 1. The number of amides is 1. The summed E-state index contributed by atoms with van der Waals surface area (Å²) in [7, 11) is 0. The molecule has 0 radical (unpaired) electrons. The van der Waals surface area contributed by atoms with E-state index in [-0.39, 0.29) is 11.8 Å². The van der Waals surface area contributed by atoms with Gasteiger partial charge in [-0.1, -0.05) is 30.3 Å². The highest BCUT2D eigenvalue weighted by molar-refractivity contribution is 5.79. The second kappa shape index (κ2) is 8.25. The van der Waals surface area contributed by atoms with Gasteiger partial charge in [0.05, 0.1) is 12.2 Å². The minimum absolute atomic E-state index is 0.0303. The molecule has 0 unspecified atom stereocenters. The smallest absolute Gasteiger partial charge is 0.223 e. The molecule has 0 saturated carbocycles. The summed E-state index contributed by atoms with van der Waals surface area (Å²) in [6.07, 6.45) is 3.24. The van der Waals surface area contributed by atoms with Crippen molar-refractivity contribution in [3.8, 4) is 11.3 Å². The Morgan fingerprint density at radius 1 is 1.14 bits per heavy atom. The number of piperidine rings is 1. The fourth-order valence-corrected chi connectivity index (χ4v) is 3.56. The molecule has 144 valence electrons. The lowest BCUT2D eigenvalue weighted by Gasteiger charge is -2.32. The second-order valence-corrected chi connectivity index (χ2v) is 7.12. The van der Waals surface area contributed by atoms with Crippen molar-refractivity contribution in [1.29, 1.82) is 0 Å². The van der Waals surface area contributed by atoms with E-state index in [1.54, 1.807) is 6.33 Å². The number of aromatic nitrogens is 2. The molecule has 1 fully saturated rings. The molecule has 1 amide bonds. The Bertz CT molecular complexity index is 930. The molecular formula is C22H24N4O2. The van der Waals surface area contributed by atoms with Gasteiger partial charge in [-0.05, 0) is 31.9 Å². The molecular weight excluding hydrogens is 352 g/mol. The molecule has 1 N–H and O–H groups in total. The van der Waals surface area contributed by atoms with Gasteiger partial charge in [0, 0.05) is 30.6 Å². The lowest BCUT2D eigenvalue weighted by Crippen LogP contribution is -2.40. The number of carbonyl (C=O) groups is 1. The van der Waals surface area contributed by atoms with Crippen molar-refractivity contribution >= 4 is 11.7 Å². The summed E-state index contributed by atoms with van der Waals surface area (Å²) < 4.78 is 5.51. The third kappa shape index (κ3) is 4.22. The van der Waals surface area contributed by atoms with Gasteiger partial charge in [-0.2, -0.15) is 0 Å². The highest BCUT2D eigenvalue weighted by Crippen LogP contribution is 2.25. The van der Waals surface area contributed by atoms with Crippen molar-refractivity contribution in [1.82, 2.24) is 15.3 Å². The van der Waals surface area contributed by atoms with E-state index in [0.29, 0.717) is 6.54 Å². The summed E-state index contributed by atoms with van der Waals surface area (Å²) in [5.41, 5.74) is 1.99. The van der Waals surface area contributed by atoms with Crippen LogP contribution < -0.4 is 10.2 Å². The number of nitrogens with one attached hydrogen (secondary N) is 1. The van der Waals surface area contributed by atoms with E-state index >= 15 is 0 Å². The minimum Gasteiger partial charge on any atom is -0.465 e. The quantitative estimate of drug-likeness (QED) is 0.737. The van der Waals surface area contributed by atoms with Crippen LogP contribution in [0, 0.1) is 12.8 Å². The number of furan rings is 1. The first-order chi connectivity index (χ1) is 13.7. The number of rotatable bonds is 5. The molecule has 0 aliphatic carbocycles. The van der Waals surface area contributed by atoms with E-state index in [1.807, 2.05) is 55.5 Å². The lowest BCUT2D eigenvalue weighted by molar-refractivity contribution is -0.125. The molecule has 0 atom stereocenters. The van der Waals surface area contributed by atoms with Gasteiger partial charge in [-0.3, -0.25) is 4.79 Å². The first-order valence-electron chi connectivity index (χ1n) is 9.64. The summed E-state index contributed by atoms with van der Waals surface area (Å²) in [5, 5.41) is 2.99. The zero-order valence-corrected chi connectivity index (χ0v) is 16.0. The zero-order chi connectivity index (χ0) is 19.3. The van der Waals surface area contributed by atoms with Crippen LogP contribution in [0.4, 0.5) is 5.82 Å². The first kappa shape index (κ1) is 18.2. The maximum Gasteiger partial charge on any atom is 0.223 e. The second-order valence-electron chi connectivity index (χ2n) is 7.12. The highest BCUT2D eigenvalue weighted by atomic mass is 16.3. The Balaban J connectivity index is 1.33. The Morgan fingerprint density at radius 3 is 2.64 bits per heavy atom. The third-order valence-electron chi connectivity index (χ3n) is 5.14. The van der Waals surface area contributed by atoms with Crippen LogP contribution in [0.5, 0.6) is 0 Å². The summed E-state index contributed by atoms with van der Waals surface area (Å²) in [6.45, 7) is 3.96. The predicted octanol–water partition coefficient (Wildman–Crippen LogP) is 3.58. The van der Waals surface area contributed by atoms with Gasteiger partial charge >= 0.3 is 0 Å². The number of aryl methyl sites for hydroxylation is 1. The van der Waals surface area contributed by atoms with E-state index in [0.717, 1.165) is 54.5 Å². The minimum atomic E-state index is 0.0303. The summed E-state index contributed by atoms with van der Waals surface area (Å²) in [6, 6.07) is 15.9. The van der Waals surface area contributed by atoms with Crippen molar-refractivity contribution in [2.75, 3.05) is 18.0 Å². The Kier molecular flexibility index (Phi) is 5.37. The number of hydrogen-bond acceptors (Lipinski definition) is 5. The fourth-order valence-electron chi connectivity index (χ4n) is 3.56. The molecule has 1 aliphatic heterocycles. The molecule has 1 saturated heterocycles. The van der Waals surface area contributed by atoms with Crippen LogP contribution in [0.3, 0.4) is 0 Å². The molecule has 3 aromatic rings. The summed E-state index contributed by atoms with van der Waals surface area (Å²) in [4.78, 5) is 23.5. The number of benzene rings is 1. The lowest BCUT2D eigenvalue weighted by atomic mass is 9.96. The average Bonchev–Trinajstić information content (AvgIpc) is 3.18. The van der Waals surface area contributed by atoms with Gasteiger partial charge in [-0.15, -0.1) is 0 Å². The van der Waals surface area contributed by atoms with Crippen LogP contribution in [-0.4, -0.2) is 29.0 Å². The van der Waals surface area contributed by atoms with Gasteiger partial charge < -0.3 is 14.6 Å². The van der Waals surface area contributed by atoms with Crippen molar-refractivity contribution < 1.29 is 9.21 Å². The van der Waals surface area contributed by atoms with Gasteiger partial charge in [-0.25, -0.2) is 9.97 Å². The van der Waals surface area contributed by atoms with Crippen LogP contribution in [-0.2, 0) is 11.3 Å². The van der Waals surface area contributed by atoms with Crippen LogP contribution >= 0.6 is 0 Å². The molecule has 6 heteroatoms. The van der Waals surface area contributed by atoms with Crippen molar-refractivity contribution in [2.24, 2.45) is 5.92 Å². The number of anilines is 1. The Labute approximate surface area is 164 Å². The monoisotopic (exact) mass is 376 g/mol. The predicted molar refractivity (Wildman–Crippen MR) is 108 cm³/mol. The van der Waals surface area contributed by atoms with Crippen LogP contribution in [0.25, 0.3) is 11.3 Å². The van der Waals surface area contributed by atoms with E-state index in [1.165, 1.54) is 0 Å². The normalized spacial score (nSPS) is 14.8. The fraction of sp³-hybridized carbons (Fsp3) is 0.318. The third-order valence-corrected chi connectivity index (χ3v) is 5.14. The van der Waals surface area contributed by atoms with E-state index < -0.39 is 0 Å².